The van der Waals surface area contributed by atoms with Gasteiger partial charge in [0, 0.05) is 22.9 Å². The number of halogens is 1. The van der Waals surface area contributed by atoms with Crippen molar-refractivity contribution >= 4 is 22.7 Å². The largest absolute Gasteiger partial charge is 0.356 e. The number of hydrogen-bond donors (Lipinski definition) is 0. The average Bonchev–Trinajstić information content (AvgIpc) is 2.77. The molecule has 0 N–H and O–H groups in total. The van der Waals surface area contributed by atoms with E-state index in [1.54, 1.807) is 25.1 Å². The van der Waals surface area contributed by atoms with Gasteiger partial charge in [0.15, 0.2) is 16.8 Å². The van der Waals surface area contributed by atoms with E-state index in [0.717, 1.165) is 5.56 Å². The first-order valence-corrected chi connectivity index (χ1v) is 7.15. The molecule has 96 valence electrons. The monoisotopic (exact) mass is 285 g/mol. The maximum absolute atomic E-state index is 11.0. The van der Waals surface area contributed by atoms with Crippen molar-refractivity contribution < 1.29 is 12.9 Å². The first-order valence-electron chi connectivity index (χ1n) is 5.29. The van der Waals surface area contributed by atoms with Crippen LogP contribution in [0.25, 0.3) is 11.3 Å². The lowest BCUT2D eigenvalue weighted by molar-refractivity contribution is 0.241. The van der Waals surface area contributed by atoms with Crippen LogP contribution in [0.3, 0.4) is 0 Å². The number of aromatic nitrogens is 1. The second-order valence-corrected chi connectivity index (χ2v) is 5.20. The van der Waals surface area contributed by atoms with Crippen LogP contribution in [0.5, 0.6) is 0 Å². The fourth-order valence-electron chi connectivity index (χ4n) is 1.51. The van der Waals surface area contributed by atoms with Gasteiger partial charge in [0.05, 0.1) is 0 Å². The highest BCUT2D eigenvalue weighted by molar-refractivity contribution is 7.79. The molecule has 18 heavy (non-hydrogen) atoms. The normalized spacial score (nSPS) is 14.4. The fraction of sp³-hybridized carbons (Fsp3) is 0.250. The Labute approximate surface area is 113 Å². The molecule has 6 heteroatoms. The zero-order valence-electron chi connectivity index (χ0n) is 9.92. The van der Waals surface area contributed by atoms with Crippen LogP contribution in [0.2, 0.25) is 5.02 Å². The van der Waals surface area contributed by atoms with Gasteiger partial charge in [-0.05, 0) is 19.1 Å². The number of hydrogen-bond acceptors (Lipinski definition) is 4. The van der Waals surface area contributed by atoms with Crippen molar-refractivity contribution in [2.45, 2.75) is 13.0 Å². The van der Waals surface area contributed by atoms with E-state index in [2.05, 4.69) is 5.16 Å². The molecule has 2 atom stereocenters. The lowest BCUT2D eigenvalue weighted by atomic mass is 10.1. The smallest absolute Gasteiger partial charge is 0.167 e. The summed E-state index contributed by atoms with van der Waals surface area (Å²) < 4.78 is 21.3. The molecule has 0 bridgehead atoms. The Hall–Kier alpha value is -1.17. The predicted octanol–water partition coefficient (Wildman–Crippen LogP) is 3.37. The molecule has 0 saturated heterocycles. The van der Waals surface area contributed by atoms with E-state index in [-0.39, 0.29) is 6.10 Å². The summed E-state index contributed by atoms with van der Waals surface area (Å²) in [6.07, 6.45) is 1.08. The van der Waals surface area contributed by atoms with Gasteiger partial charge in [-0.1, -0.05) is 28.9 Å². The first-order chi connectivity index (χ1) is 8.56. The average molecular weight is 286 g/mol. The van der Waals surface area contributed by atoms with Crippen LogP contribution in [0, 0.1) is 0 Å². The summed E-state index contributed by atoms with van der Waals surface area (Å²) in [5.74, 6) is 0.602. The Morgan fingerprint density at radius 1 is 1.44 bits per heavy atom. The van der Waals surface area contributed by atoms with E-state index in [1.165, 1.54) is 6.26 Å². The second kappa shape index (κ2) is 5.65. The van der Waals surface area contributed by atoms with E-state index < -0.39 is 11.1 Å². The minimum atomic E-state index is -1.34. The molecule has 2 rings (SSSR count). The van der Waals surface area contributed by atoms with Crippen molar-refractivity contribution in [3.05, 3.63) is 41.0 Å². The molecule has 0 saturated carbocycles. The summed E-state index contributed by atoms with van der Waals surface area (Å²) in [4.78, 5) is 0. The topological polar surface area (TPSA) is 52.3 Å². The molecular weight excluding hydrogens is 274 g/mol. The summed E-state index contributed by atoms with van der Waals surface area (Å²) >= 11 is 4.57. The van der Waals surface area contributed by atoms with Crippen LogP contribution in [0.4, 0.5) is 0 Å². The van der Waals surface area contributed by atoms with Crippen molar-refractivity contribution in [2.24, 2.45) is 0 Å². The third-order valence-corrected chi connectivity index (χ3v) is 3.13. The Morgan fingerprint density at radius 2 is 2.22 bits per heavy atom. The van der Waals surface area contributed by atoms with Crippen molar-refractivity contribution in [1.82, 2.24) is 5.16 Å². The van der Waals surface area contributed by atoms with E-state index >= 15 is 0 Å². The minimum absolute atomic E-state index is 0.382. The molecule has 1 aromatic carbocycles. The number of rotatable bonds is 4. The van der Waals surface area contributed by atoms with Crippen LogP contribution >= 0.6 is 11.6 Å². The molecular formula is C12H12ClNO3S. The molecule has 0 aliphatic heterocycles. The van der Waals surface area contributed by atoms with Crippen LogP contribution < -0.4 is 0 Å². The lowest BCUT2D eigenvalue weighted by Crippen LogP contribution is -2.01. The van der Waals surface area contributed by atoms with Crippen molar-refractivity contribution in [3.8, 4) is 11.3 Å². The van der Waals surface area contributed by atoms with Gasteiger partial charge in [0.2, 0.25) is 0 Å². The maximum atomic E-state index is 11.0. The Morgan fingerprint density at radius 3 is 2.89 bits per heavy atom. The zero-order chi connectivity index (χ0) is 13.1. The van der Waals surface area contributed by atoms with Crippen LogP contribution in [-0.2, 0) is 15.3 Å². The van der Waals surface area contributed by atoms with Crippen molar-refractivity contribution in [2.75, 3.05) is 6.26 Å². The van der Waals surface area contributed by atoms with Crippen LogP contribution in [0.15, 0.2) is 34.9 Å². The van der Waals surface area contributed by atoms with E-state index in [1.807, 2.05) is 12.1 Å². The van der Waals surface area contributed by atoms with Crippen molar-refractivity contribution in [3.63, 3.8) is 0 Å². The molecule has 2 unspecified atom stereocenters. The molecule has 0 spiro atoms. The fourth-order valence-corrected chi connectivity index (χ4v) is 2.21. The Bertz CT molecular complexity index is 570. The third kappa shape index (κ3) is 3.19. The highest BCUT2D eigenvalue weighted by atomic mass is 35.5. The molecule has 0 amide bonds. The summed E-state index contributed by atoms with van der Waals surface area (Å²) in [6.45, 7) is 1.76. The van der Waals surface area contributed by atoms with Gasteiger partial charge in [-0.25, -0.2) is 4.21 Å². The van der Waals surface area contributed by atoms with E-state index in [4.69, 9.17) is 20.3 Å². The Kier molecular flexibility index (Phi) is 4.16. The molecule has 4 nitrogen and oxygen atoms in total. The van der Waals surface area contributed by atoms with Gasteiger partial charge in [-0.2, -0.15) is 0 Å². The Balaban J connectivity index is 2.22. The molecule has 0 radical (unpaired) electrons. The standard InChI is InChI=1S/C12H12ClNO3S/c1-8(17-18(2)15)11-7-12(16-14-11)9-4-3-5-10(13)6-9/h3-8H,1-2H3. The van der Waals surface area contributed by atoms with Crippen molar-refractivity contribution in [1.29, 1.82) is 0 Å². The second-order valence-electron chi connectivity index (χ2n) is 3.77. The van der Waals surface area contributed by atoms with E-state index in [0.29, 0.717) is 16.5 Å². The van der Waals surface area contributed by atoms with Gasteiger partial charge in [0.25, 0.3) is 0 Å². The van der Waals surface area contributed by atoms with Gasteiger partial charge >= 0.3 is 0 Å². The van der Waals surface area contributed by atoms with Gasteiger partial charge in [0.1, 0.15) is 11.8 Å². The SMILES string of the molecule is CC(OS(C)=O)c1cc(-c2cccc(Cl)c2)on1. The molecule has 1 aromatic heterocycles. The molecule has 0 fully saturated rings. The molecule has 2 aromatic rings. The summed E-state index contributed by atoms with van der Waals surface area (Å²) in [5, 5.41) is 4.53. The lowest BCUT2D eigenvalue weighted by Gasteiger charge is -2.04. The minimum Gasteiger partial charge on any atom is -0.356 e. The zero-order valence-corrected chi connectivity index (χ0v) is 11.5. The predicted molar refractivity (Wildman–Crippen MR) is 70.5 cm³/mol. The van der Waals surface area contributed by atoms with Crippen LogP contribution in [0.1, 0.15) is 18.7 Å². The number of nitrogens with zero attached hydrogens (tertiary/aromatic N) is 1. The van der Waals surface area contributed by atoms with Crippen LogP contribution in [-0.4, -0.2) is 15.6 Å². The number of benzene rings is 1. The highest BCUT2D eigenvalue weighted by Crippen LogP contribution is 2.26. The van der Waals surface area contributed by atoms with Gasteiger partial charge in [-0.3, -0.25) is 4.18 Å². The molecule has 1 heterocycles. The van der Waals surface area contributed by atoms with E-state index in [9.17, 15) is 4.21 Å². The molecule has 0 aliphatic carbocycles. The first kappa shape index (κ1) is 13.3. The third-order valence-electron chi connectivity index (χ3n) is 2.33. The summed E-state index contributed by atoms with van der Waals surface area (Å²) in [6, 6.07) is 9.04. The summed E-state index contributed by atoms with van der Waals surface area (Å²) in [5.41, 5.74) is 1.44. The summed E-state index contributed by atoms with van der Waals surface area (Å²) in [7, 11) is 0. The quantitative estimate of drug-likeness (QED) is 0.864. The van der Waals surface area contributed by atoms with Gasteiger partial charge in [-0.15, -0.1) is 0 Å². The highest BCUT2D eigenvalue weighted by Gasteiger charge is 2.15. The molecule has 0 aliphatic rings. The maximum Gasteiger partial charge on any atom is 0.167 e. The van der Waals surface area contributed by atoms with Gasteiger partial charge < -0.3 is 4.52 Å².